The Hall–Kier alpha value is -4.51. The number of imidazole rings is 2. The number of halogens is 1. The van der Waals surface area contributed by atoms with Gasteiger partial charge in [0, 0.05) is 30.7 Å². The van der Waals surface area contributed by atoms with Crippen LogP contribution in [0.5, 0.6) is 0 Å². The molecule has 0 atom stereocenters. The number of aryl methyl sites for hydroxylation is 1. The van der Waals surface area contributed by atoms with Crippen LogP contribution in [0.4, 0.5) is 4.39 Å². The summed E-state index contributed by atoms with van der Waals surface area (Å²) in [7, 11) is 0. The number of nitrogens with zero attached hydrogens (tertiary/aromatic N) is 7. The van der Waals surface area contributed by atoms with Gasteiger partial charge in [0.25, 0.3) is 0 Å². The Labute approximate surface area is 223 Å². The van der Waals surface area contributed by atoms with E-state index in [0.717, 1.165) is 29.4 Å². The van der Waals surface area contributed by atoms with Crippen molar-refractivity contribution in [1.82, 2.24) is 50.0 Å². The molecule has 1 aliphatic carbocycles. The molecule has 6 aromatic heterocycles. The van der Waals surface area contributed by atoms with Gasteiger partial charge in [-0.1, -0.05) is 12.8 Å². The summed E-state index contributed by atoms with van der Waals surface area (Å²) in [6.45, 7) is 3.60. The highest BCUT2D eigenvalue weighted by molar-refractivity contribution is 5.96. The Morgan fingerprint density at radius 1 is 1.03 bits per heavy atom. The van der Waals surface area contributed by atoms with Crippen LogP contribution >= 0.6 is 0 Å². The Morgan fingerprint density at radius 3 is 2.74 bits per heavy atom. The molecule has 1 aliphatic rings. The van der Waals surface area contributed by atoms with Crippen molar-refractivity contribution >= 4 is 21.9 Å². The smallest absolute Gasteiger partial charge is 0.161 e. The lowest BCUT2D eigenvalue weighted by molar-refractivity contribution is 0.489. The highest BCUT2D eigenvalue weighted by atomic mass is 19.1. The van der Waals surface area contributed by atoms with Crippen molar-refractivity contribution in [2.24, 2.45) is 5.92 Å². The van der Waals surface area contributed by atoms with E-state index in [2.05, 4.69) is 40.4 Å². The molecule has 6 aromatic rings. The van der Waals surface area contributed by atoms with Gasteiger partial charge in [0.1, 0.15) is 16.9 Å². The first kappa shape index (κ1) is 23.6. The molecule has 0 amide bonds. The van der Waals surface area contributed by atoms with E-state index in [9.17, 15) is 0 Å². The molecule has 0 bridgehead atoms. The first-order chi connectivity index (χ1) is 19.1. The molecule has 1 saturated carbocycles. The molecule has 6 heterocycles. The summed E-state index contributed by atoms with van der Waals surface area (Å²) < 4.78 is 18.0. The third-order valence-electron chi connectivity index (χ3n) is 7.44. The number of rotatable bonds is 7. The summed E-state index contributed by atoms with van der Waals surface area (Å²) in [5.41, 5.74) is 5.73. The van der Waals surface area contributed by atoms with Crippen molar-refractivity contribution in [3.63, 3.8) is 0 Å². The average Bonchev–Trinajstić information content (AvgIpc) is 3.75. The zero-order chi connectivity index (χ0) is 26.3. The van der Waals surface area contributed by atoms with E-state index >= 15 is 4.39 Å². The van der Waals surface area contributed by atoms with Gasteiger partial charge < -0.3 is 14.9 Å². The third kappa shape index (κ3) is 4.34. The maximum atomic E-state index is 16.1. The molecule has 39 heavy (non-hydrogen) atoms. The van der Waals surface area contributed by atoms with Crippen LogP contribution in [0.15, 0.2) is 49.6 Å². The molecular weight excluding hydrogens is 495 g/mol. The minimum atomic E-state index is -0.474. The van der Waals surface area contributed by atoms with Crippen molar-refractivity contribution in [3.8, 4) is 28.5 Å². The van der Waals surface area contributed by atoms with E-state index in [-0.39, 0.29) is 5.69 Å². The van der Waals surface area contributed by atoms with Gasteiger partial charge in [-0.05, 0) is 43.9 Å². The molecule has 1 fully saturated rings. The fourth-order valence-corrected chi connectivity index (χ4v) is 5.47. The van der Waals surface area contributed by atoms with Crippen LogP contribution in [0.2, 0.25) is 0 Å². The molecule has 0 saturated heterocycles. The summed E-state index contributed by atoms with van der Waals surface area (Å²) in [6, 6.07) is 1.94. The van der Waals surface area contributed by atoms with Crippen LogP contribution in [0.1, 0.15) is 36.9 Å². The van der Waals surface area contributed by atoms with Crippen molar-refractivity contribution in [3.05, 3.63) is 66.6 Å². The molecule has 0 radical (unpaired) electrons. The summed E-state index contributed by atoms with van der Waals surface area (Å²) in [4.78, 5) is 25.4. The zero-order valence-electron chi connectivity index (χ0n) is 21.4. The molecule has 10 nitrogen and oxygen atoms in total. The van der Waals surface area contributed by atoms with Gasteiger partial charge in [0.15, 0.2) is 11.6 Å². The minimum absolute atomic E-state index is 0.225. The summed E-state index contributed by atoms with van der Waals surface area (Å²) in [5, 5.41) is 11.1. The van der Waals surface area contributed by atoms with E-state index < -0.39 is 5.82 Å². The van der Waals surface area contributed by atoms with Crippen LogP contribution in [0, 0.1) is 18.7 Å². The Bertz CT molecular complexity index is 1790. The average molecular weight is 523 g/mol. The van der Waals surface area contributed by atoms with Crippen LogP contribution in [0.3, 0.4) is 0 Å². The van der Waals surface area contributed by atoms with Crippen LogP contribution in [0.25, 0.3) is 50.4 Å². The lowest BCUT2D eigenvalue weighted by Gasteiger charge is -2.11. The SMILES string of the molecule is Cc1cn(-c2cncc3[nH]c(-c4n[nH]c5cnc(-c6cncc(CNCC7CCCC7)c6)c(F)c45)nc23)cn1. The second kappa shape index (κ2) is 9.66. The quantitative estimate of drug-likeness (QED) is 0.273. The van der Waals surface area contributed by atoms with Crippen molar-refractivity contribution in [2.75, 3.05) is 6.54 Å². The van der Waals surface area contributed by atoms with Gasteiger partial charge in [-0.3, -0.25) is 20.1 Å². The number of aromatic nitrogens is 9. The first-order valence-electron chi connectivity index (χ1n) is 13.2. The third-order valence-corrected chi connectivity index (χ3v) is 7.44. The fraction of sp³-hybridized carbons (Fsp3) is 0.286. The number of hydrogen-bond acceptors (Lipinski definition) is 7. The topological polar surface area (TPSA) is 126 Å². The van der Waals surface area contributed by atoms with Crippen molar-refractivity contribution in [2.45, 2.75) is 39.2 Å². The van der Waals surface area contributed by atoms with Crippen LogP contribution in [-0.4, -0.2) is 51.2 Å². The maximum absolute atomic E-state index is 16.1. The lowest BCUT2D eigenvalue weighted by Crippen LogP contribution is -2.20. The largest absolute Gasteiger partial charge is 0.335 e. The second-order valence-electron chi connectivity index (χ2n) is 10.2. The van der Waals surface area contributed by atoms with Gasteiger partial charge in [-0.25, -0.2) is 14.4 Å². The van der Waals surface area contributed by atoms with E-state index in [1.54, 1.807) is 31.1 Å². The minimum Gasteiger partial charge on any atom is -0.335 e. The first-order valence-corrected chi connectivity index (χ1v) is 13.2. The molecule has 196 valence electrons. The molecule has 0 unspecified atom stereocenters. The van der Waals surface area contributed by atoms with Crippen molar-refractivity contribution < 1.29 is 4.39 Å². The second-order valence-corrected chi connectivity index (χ2v) is 10.2. The number of fused-ring (bicyclic) bond motifs is 2. The molecule has 0 aromatic carbocycles. The molecular formula is C28H27FN10. The molecule has 0 aliphatic heterocycles. The van der Waals surface area contributed by atoms with Gasteiger partial charge in [-0.15, -0.1) is 0 Å². The molecule has 7 rings (SSSR count). The van der Waals surface area contributed by atoms with E-state index in [4.69, 9.17) is 4.98 Å². The lowest BCUT2D eigenvalue weighted by atomic mass is 10.1. The van der Waals surface area contributed by atoms with Crippen molar-refractivity contribution in [1.29, 1.82) is 0 Å². The summed E-state index contributed by atoms with van der Waals surface area (Å²) >= 11 is 0. The molecule has 0 spiro atoms. The predicted octanol–water partition coefficient (Wildman–Crippen LogP) is 4.87. The number of hydrogen-bond donors (Lipinski definition) is 3. The number of nitrogens with one attached hydrogen (secondary N) is 3. The molecule has 3 N–H and O–H groups in total. The highest BCUT2D eigenvalue weighted by Gasteiger charge is 2.22. The Morgan fingerprint density at radius 2 is 1.90 bits per heavy atom. The number of H-pyrrole nitrogens is 2. The molecule has 11 heteroatoms. The predicted molar refractivity (Wildman–Crippen MR) is 145 cm³/mol. The van der Waals surface area contributed by atoms with Gasteiger partial charge >= 0.3 is 0 Å². The van der Waals surface area contributed by atoms with Gasteiger partial charge in [0.2, 0.25) is 0 Å². The zero-order valence-corrected chi connectivity index (χ0v) is 21.4. The Balaban J connectivity index is 1.23. The monoisotopic (exact) mass is 522 g/mol. The normalized spacial score (nSPS) is 14.2. The fourth-order valence-electron chi connectivity index (χ4n) is 5.47. The summed E-state index contributed by atoms with van der Waals surface area (Å²) in [5.74, 6) is 0.705. The summed E-state index contributed by atoms with van der Waals surface area (Å²) in [6.07, 6.45) is 17.3. The number of aromatic amines is 2. The van der Waals surface area contributed by atoms with Gasteiger partial charge in [0.05, 0.1) is 52.7 Å². The highest BCUT2D eigenvalue weighted by Crippen LogP contribution is 2.33. The van der Waals surface area contributed by atoms with E-state index in [0.29, 0.717) is 45.6 Å². The number of pyridine rings is 3. The van der Waals surface area contributed by atoms with Gasteiger partial charge in [-0.2, -0.15) is 5.10 Å². The standard InChI is InChI=1S/C28H27FN10/c1-16-14-39(15-34-16)22-13-32-11-21-26(22)36-28(35-21)27-23-20(37-38-27)12-33-25(24(23)29)19-6-18(9-31-10-19)8-30-7-17-4-2-3-5-17/h6,9-15,17,30H,2-5,7-8H2,1H3,(H,35,36)(H,37,38). The Kier molecular flexibility index (Phi) is 5.85. The van der Waals surface area contributed by atoms with Crippen LogP contribution < -0.4 is 5.32 Å². The van der Waals surface area contributed by atoms with E-state index in [1.165, 1.54) is 25.7 Å². The van der Waals surface area contributed by atoms with E-state index in [1.807, 2.05) is 30.0 Å². The van der Waals surface area contributed by atoms with Crippen LogP contribution in [-0.2, 0) is 6.54 Å². The maximum Gasteiger partial charge on any atom is 0.161 e.